The molecule has 2 aliphatic rings. The Hall–Kier alpha value is -3.86. The number of benzene rings is 1. The molecule has 1 aromatic carbocycles. The van der Waals surface area contributed by atoms with Crippen molar-refractivity contribution in [3.8, 4) is 17.0 Å². The van der Waals surface area contributed by atoms with Crippen LogP contribution in [-0.2, 0) is 0 Å². The molecule has 8 nitrogen and oxygen atoms in total. The van der Waals surface area contributed by atoms with Crippen molar-refractivity contribution in [2.45, 2.75) is 32.2 Å². The van der Waals surface area contributed by atoms with Gasteiger partial charge >= 0.3 is 0 Å². The van der Waals surface area contributed by atoms with Gasteiger partial charge in [0.05, 0.1) is 23.5 Å². The molecule has 1 saturated heterocycles. The van der Waals surface area contributed by atoms with E-state index in [0.717, 1.165) is 25.6 Å². The Kier molecular flexibility index (Phi) is 7.60. The van der Waals surface area contributed by atoms with E-state index in [1.165, 1.54) is 18.3 Å². The number of piperazine rings is 1. The number of likely N-dealkylation sites (N-methyl/N-ethyl adjacent to an activating group) is 1. The number of nitrogens with zero attached hydrogens (tertiary/aromatic N) is 3. The molecular weight excluding hydrogens is 511 g/mol. The number of anilines is 2. The summed E-state index contributed by atoms with van der Waals surface area (Å²) >= 11 is 0. The summed E-state index contributed by atoms with van der Waals surface area (Å²) < 4.78 is 48.4. The van der Waals surface area contributed by atoms with Crippen LogP contribution in [0, 0.1) is 11.7 Å². The van der Waals surface area contributed by atoms with E-state index in [9.17, 15) is 18.4 Å². The van der Waals surface area contributed by atoms with Gasteiger partial charge in [0.15, 0.2) is 0 Å². The van der Waals surface area contributed by atoms with Gasteiger partial charge in [-0.1, -0.05) is 0 Å². The summed E-state index contributed by atoms with van der Waals surface area (Å²) in [4.78, 5) is 35.5. The minimum absolute atomic E-state index is 0.169. The number of H-pyrrole nitrogens is 1. The van der Waals surface area contributed by atoms with Crippen LogP contribution in [0.1, 0.15) is 42.1 Å². The Morgan fingerprint density at radius 2 is 2.03 bits per heavy atom. The number of carbonyl (C=O) groups excluding carboxylic acids is 1. The van der Waals surface area contributed by atoms with Crippen LogP contribution >= 0.6 is 0 Å². The first-order valence-corrected chi connectivity index (χ1v) is 12.9. The zero-order valence-corrected chi connectivity index (χ0v) is 21.7. The number of pyridine rings is 2. The second-order valence-corrected chi connectivity index (χ2v) is 10.2. The Balaban J connectivity index is 1.50. The maximum atomic E-state index is 15.5. The number of ether oxygens (including phenoxy) is 1. The predicted octanol–water partition coefficient (Wildman–Crippen LogP) is 4.70. The second kappa shape index (κ2) is 11.1. The minimum atomic E-state index is -3.03. The quantitative estimate of drug-likeness (QED) is 0.430. The van der Waals surface area contributed by atoms with E-state index in [0.29, 0.717) is 48.8 Å². The molecule has 1 aliphatic carbocycles. The lowest BCUT2D eigenvalue weighted by Crippen LogP contribution is -2.50. The lowest BCUT2D eigenvalue weighted by molar-refractivity contribution is 0.101. The molecule has 39 heavy (non-hydrogen) atoms. The van der Waals surface area contributed by atoms with Crippen LogP contribution in [0.4, 0.5) is 24.5 Å². The Bertz CT molecular complexity index is 1410. The zero-order chi connectivity index (χ0) is 27.7. The van der Waals surface area contributed by atoms with Crippen molar-refractivity contribution < 1.29 is 22.7 Å². The molecule has 0 spiro atoms. The first kappa shape index (κ1) is 26.7. The van der Waals surface area contributed by atoms with Gasteiger partial charge in [-0.25, -0.2) is 18.2 Å². The molecule has 0 bridgehead atoms. The molecule has 11 heteroatoms. The third-order valence-electron chi connectivity index (χ3n) is 7.28. The van der Waals surface area contributed by atoms with Gasteiger partial charge < -0.3 is 24.8 Å². The number of nitrogens with one attached hydrogen (secondary N) is 2. The van der Waals surface area contributed by atoms with E-state index >= 15 is 4.39 Å². The van der Waals surface area contributed by atoms with Crippen LogP contribution in [0.5, 0.6) is 5.88 Å². The highest BCUT2D eigenvalue weighted by Gasteiger charge is 2.27. The minimum Gasteiger partial charge on any atom is -0.477 e. The van der Waals surface area contributed by atoms with Crippen LogP contribution in [0.15, 0.2) is 47.5 Å². The third-order valence-corrected chi connectivity index (χ3v) is 7.28. The molecule has 1 saturated carbocycles. The fourth-order valence-electron chi connectivity index (χ4n) is 4.58. The van der Waals surface area contributed by atoms with Gasteiger partial charge in [0, 0.05) is 66.9 Å². The standard InChI is InChI=1S/C28H30F3N5O3/c1-16-14-36(8-7-35(16)2)24-11-22(29)19(18-5-6-26(33-12-18)39-15-17-3-4-17)9-23(24)34-28(38)21-13-32-25(37)10-20(21)27(30)31/h5-6,9-13,16-17,27H,3-4,7-8,14-15H2,1-2H3,(H,32,37)(H,34,38). The molecule has 206 valence electrons. The predicted molar refractivity (Wildman–Crippen MR) is 142 cm³/mol. The van der Waals surface area contributed by atoms with Crippen LogP contribution in [0.25, 0.3) is 11.1 Å². The van der Waals surface area contributed by atoms with E-state index in [1.807, 2.05) is 18.9 Å². The van der Waals surface area contributed by atoms with Crippen molar-refractivity contribution in [3.63, 3.8) is 0 Å². The summed E-state index contributed by atoms with van der Waals surface area (Å²) in [6.07, 6.45) is 1.73. The van der Waals surface area contributed by atoms with Gasteiger partial charge in [0.1, 0.15) is 5.82 Å². The molecule has 3 aromatic rings. The molecule has 1 aliphatic heterocycles. The number of alkyl halides is 2. The van der Waals surface area contributed by atoms with Gasteiger partial charge in [-0.15, -0.1) is 0 Å². The fraction of sp³-hybridized carbons (Fsp3) is 0.393. The lowest BCUT2D eigenvalue weighted by atomic mass is 10.0. The van der Waals surface area contributed by atoms with Gasteiger partial charge in [-0.3, -0.25) is 9.59 Å². The van der Waals surface area contributed by atoms with Gasteiger partial charge in [0.2, 0.25) is 11.4 Å². The number of halogens is 3. The van der Waals surface area contributed by atoms with E-state index < -0.39 is 29.3 Å². The molecule has 2 fully saturated rings. The molecule has 1 atom stereocenters. The van der Waals surface area contributed by atoms with Crippen molar-refractivity contribution in [3.05, 3.63) is 70.0 Å². The monoisotopic (exact) mass is 541 g/mol. The van der Waals surface area contributed by atoms with Crippen LogP contribution in [0.2, 0.25) is 0 Å². The molecule has 1 unspecified atom stereocenters. The Morgan fingerprint density at radius 3 is 2.69 bits per heavy atom. The molecule has 3 heterocycles. The van der Waals surface area contributed by atoms with Crippen LogP contribution in [0.3, 0.4) is 0 Å². The lowest BCUT2D eigenvalue weighted by Gasteiger charge is -2.39. The summed E-state index contributed by atoms with van der Waals surface area (Å²) in [5.41, 5.74) is -0.439. The number of carbonyl (C=O) groups is 1. The van der Waals surface area contributed by atoms with Gasteiger partial charge in [0.25, 0.3) is 12.3 Å². The highest BCUT2D eigenvalue weighted by Crippen LogP contribution is 2.36. The molecule has 5 rings (SSSR count). The Labute approximate surface area is 223 Å². The van der Waals surface area contributed by atoms with E-state index in [2.05, 4.69) is 20.2 Å². The number of rotatable bonds is 8. The van der Waals surface area contributed by atoms with E-state index in [4.69, 9.17) is 4.74 Å². The van der Waals surface area contributed by atoms with Crippen molar-refractivity contribution >= 4 is 17.3 Å². The van der Waals surface area contributed by atoms with E-state index in [1.54, 1.807) is 12.1 Å². The van der Waals surface area contributed by atoms with Crippen molar-refractivity contribution in [2.75, 3.05) is 43.5 Å². The summed E-state index contributed by atoms with van der Waals surface area (Å²) in [6, 6.07) is 7.07. The smallest absolute Gasteiger partial charge is 0.264 e. The van der Waals surface area contributed by atoms with Crippen molar-refractivity contribution in [1.29, 1.82) is 0 Å². The van der Waals surface area contributed by atoms with Crippen LogP contribution < -0.4 is 20.5 Å². The fourth-order valence-corrected chi connectivity index (χ4v) is 4.58. The SMILES string of the molecule is CC1CN(c2cc(F)c(-c3ccc(OCC4CC4)nc3)cc2NC(=O)c2c[nH]c(=O)cc2C(F)F)CCN1C. The third kappa shape index (κ3) is 6.08. The first-order valence-electron chi connectivity index (χ1n) is 12.9. The average Bonchev–Trinajstić information content (AvgIpc) is 3.75. The highest BCUT2D eigenvalue weighted by atomic mass is 19.3. The molecule has 0 radical (unpaired) electrons. The normalized spacial score (nSPS) is 17.9. The summed E-state index contributed by atoms with van der Waals surface area (Å²) in [6.45, 7) is 4.52. The first-order chi connectivity index (χ1) is 18.7. The maximum absolute atomic E-state index is 15.5. The van der Waals surface area contributed by atoms with Crippen LogP contribution in [-0.4, -0.2) is 60.1 Å². The highest BCUT2D eigenvalue weighted by molar-refractivity contribution is 6.07. The number of hydrogen-bond acceptors (Lipinski definition) is 6. The molecule has 2 N–H and O–H groups in total. The summed E-state index contributed by atoms with van der Waals surface area (Å²) in [5, 5.41) is 2.69. The van der Waals surface area contributed by atoms with Crippen molar-refractivity contribution in [2.24, 2.45) is 5.92 Å². The van der Waals surface area contributed by atoms with Gasteiger partial charge in [-0.2, -0.15) is 0 Å². The summed E-state index contributed by atoms with van der Waals surface area (Å²) in [7, 11) is 2.00. The zero-order valence-electron chi connectivity index (χ0n) is 21.7. The molecule has 2 aromatic heterocycles. The molecular formula is C28H30F3N5O3. The van der Waals surface area contributed by atoms with Crippen molar-refractivity contribution in [1.82, 2.24) is 14.9 Å². The number of aromatic amines is 1. The average molecular weight is 542 g/mol. The largest absolute Gasteiger partial charge is 0.477 e. The maximum Gasteiger partial charge on any atom is 0.264 e. The summed E-state index contributed by atoms with van der Waals surface area (Å²) in [5.74, 6) is -0.349. The topological polar surface area (TPSA) is 90.6 Å². The number of amides is 1. The number of hydrogen-bond donors (Lipinski definition) is 2. The number of aromatic nitrogens is 2. The molecule has 1 amide bonds. The second-order valence-electron chi connectivity index (χ2n) is 10.2. The van der Waals surface area contributed by atoms with E-state index in [-0.39, 0.29) is 22.9 Å². The Morgan fingerprint density at radius 1 is 1.23 bits per heavy atom. The van der Waals surface area contributed by atoms with Gasteiger partial charge in [-0.05, 0) is 50.9 Å².